The number of nitrogens with two attached hydrogens (primary N) is 1. The zero-order chi connectivity index (χ0) is 12.3. The molecular formula is C12H18IN3O. The quantitative estimate of drug-likeness (QED) is 0.633. The standard InChI is InChI=1S/C12H18IN3O/c13-10-1-2-12(11(14)9-10)16-5-3-15(4-6-16)7-8-17/h1-2,9,17H,3-8,14H2. The lowest BCUT2D eigenvalue weighted by Gasteiger charge is -2.36. The predicted octanol–water partition coefficient (Wildman–Crippen LogP) is 0.988. The van der Waals surface area contributed by atoms with E-state index in [9.17, 15) is 0 Å². The molecule has 1 aliphatic heterocycles. The number of benzene rings is 1. The monoisotopic (exact) mass is 347 g/mol. The molecule has 4 nitrogen and oxygen atoms in total. The van der Waals surface area contributed by atoms with Crippen molar-refractivity contribution in [2.24, 2.45) is 0 Å². The van der Waals surface area contributed by atoms with Gasteiger partial charge in [0, 0.05) is 36.3 Å². The Bertz CT molecular complexity index is 378. The molecule has 0 radical (unpaired) electrons. The van der Waals surface area contributed by atoms with Crippen LogP contribution in [-0.2, 0) is 0 Å². The van der Waals surface area contributed by atoms with Gasteiger partial charge >= 0.3 is 0 Å². The normalized spacial score (nSPS) is 17.4. The maximum atomic E-state index is 8.90. The molecule has 0 bridgehead atoms. The molecule has 0 atom stereocenters. The Balaban J connectivity index is 2.00. The van der Waals surface area contributed by atoms with Crippen LogP contribution in [0.25, 0.3) is 0 Å². The topological polar surface area (TPSA) is 52.7 Å². The van der Waals surface area contributed by atoms with E-state index in [2.05, 4.69) is 44.5 Å². The maximum absolute atomic E-state index is 8.90. The molecule has 1 aliphatic rings. The Kier molecular flexibility index (Phi) is 4.47. The van der Waals surface area contributed by atoms with Crippen LogP contribution in [0.2, 0.25) is 0 Å². The third kappa shape index (κ3) is 3.23. The van der Waals surface area contributed by atoms with Crippen molar-refractivity contribution < 1.29 is 5.11 Å². The number of hydrogen-bond donors (Lipinski definition) is 2. The van der Waals surface area contributed by atoms with Crippen LogP contribution in [0.15, 0.2) is 18.2 Å². The van der Waals surface area contributed by atoms with Crippen LogP contribution < -0.4 is 10.6 Å². The number of aliphatic hydroxyl groups is 1. The summed E-state index contributed by atoms with van der Waals surface area (Å²) in [6.07, 6.45) is 0. The minimum atomic E-state index is 0.242. The third-order valence-corrected chi connectivity index (χ3v) is 3.79. The van der Waals surface area contributed by atoms with Crippen LogP contribution in [0.5, 0.6) is 0 Å². The number of piperazine rings is 1. The molecule has 1 heterocycles. The SMILES string of the molecule is Nc1cc(I)ccc1N1CCN(CCO)CC1. The first-order valence-corrected chi connectivity index (χ1v) is 6.92. The highest BCUT2D eigenvalue weighted by molar-refractivity contribution is 14.1. The Labute approximate surface area is 116 Å². The first kappa shape index (κ1) is 12.9. The number of β-amino-alcohol motifs (C(OH)–C–C–N with tert-alkyl or cyclic N) is 1. The highest BCUT2D eigenvalue weighted by atomic mass is 127. The summed E-state index contributed by atoms with van der Waals surface area (Å²) in [7, 11) is 0. The van der Waals surface area contributed by atoms with E-state index in [4.69, 9.17) is 10.8 Å². The summed E-state index contributed by atoms with van der Waals surface area (Å²) in [5, 5.41) is 8.90. The fraction of sp³-hybridized carbons (Fsp3) is 0.500. The van der Waals surface area contributed by atoms with E-state index in [0.717, 1.165) is 44.1 Å². The highest BCUT2D eigenvalue weighted by Gasteiger charge is 2.17. The molecule has 0 unspecified atom stereocenters. The first-order valence-electron chi connectivity index (χ1n) is 5.84. The van der Waals surface area contributed by atoms with E-state index in [1.807, 2.05) is 6.07 Å². The summed E-state index contributed by atoms with van der Waals surface area (Å²) in [6.45, 7) is 4.95. The molecule has 0 amide bonds. The fourth-order valence-corrected chi connectivity index (χ4v) is 2.68. The second kappa shape index (κ2) is 5.88. The number of aliphatic hydroxyl groups excluding tert-OH is 1. The van der Waals surface area contributed by atoms with Gasteiger partial charge < -0.3 is 15.7 Å². The molecule has 0 spiro atoms. The summed E-state index contributed by atoms with van der Waals surface area (Å²) in [5.41, 5.74) is 8.03. The number of rotatable bonds is 3. The zero-order valence-corrected chi connectivity index (χ0v) is 11.9. The molecule has 0 aromatic heterocycles. The highest BCUT2D eigenvalue weighted by Crippen LogP contribution is 2.25. The van der Waals surface area contributed by atoms with Gasteiger partial charge in [-0.15, -0.1) is 0 Å². The van der Waals surface area contributed by atoms with Crippen LogP contribution >= 0.6 is 22.6 Å². The van der Waals surface area contributed by atoms with Gasteiger partial charge in [0.25, 0.3) is 0 Å². The second-order valence-corrected chi connectivity index (χ2v) is 5.50. The van der Waals surface area contributed by atoms with Crippen molar-refractivity contribution in [3.05, 3.63) is 21.8 Å². The van der Waals surface area contributed by atoms with Crippen molar-refractivity contribution >= 4 is 34.0 Å². The molecular weight excluding hydrogens is 329 g/mol. The smallest absolute Gasteiger partial charge is 0.0601 e. The molecule has 1 aromatic rings. The molecule has 3 N–H and O–H groups in total. The van der Waals surface area contributed by atoms with Crippen LogP contribution in [0.1, 0.15) is 0 Å². The van der Waals surface area contributed by atoms with Crippen molar-refractivity contribution in [2.45, 2.75) is 0 Å². The van der Waals surface area contributed by atoms with Gasteiger partial charge in [0.05, 0.1) is 18.0 Å². The maximum Gasteiger partial charge on any atom is 0.0601 e. The average Bonchev–Trinajstić information content (AvgIpc) is 2.31. The minimum absolute atomic E-state index is 0.242. The van der Waals surface area contributed by atoms with E-state index in [1.165, 1.54) is 3.57 Å². The largest absolute Gasteiger partial charge is 0.397 e. The lowest BCUT2D eigenvalue weighted by molar-refractivity contribution is 0.189. The summed E-state index contributed by atoms with van der Waals surface area (Å²) in [6, 6.07) is 6.20. The van der Waals surface area contributed by atoms with E-state index >= 15 is 0 Å². The van der Waals surface area contributed by atoms with Crippen LogP contribution in [0, 0.1) is 3.57 Å². The van der Waals surface area contributed by atoms with Gasteiger partial charge in [-0.05, 0) is 40.8 Å². The van der Waals surface area contributed by atoms with Crippen molar-refractivity contribution in [1.29, 1.82) is 0 Å². The summed E-state index contributed by atoms with van der Waals surface area (Å²) in [4.78, 5) is 4.60. The number of anilines is 2. The van der Waals surface area contributed by atoms with Gasteiger partial charge in [-0.3, -0.25) is 4.90 Å². The Morgan fingerprint density at radius 1 is 1.24 bits per heavy atom. The van der Waals surface area contributed by atoms with Gasteiger partial charge in [-0.1, -0.05) is 0 Å². The fourth-order valence-electron chi connectivity index (χ4n) is 2.17. The molecule has 0 saturated carbocycles. The van der Waals surface area contributed by atoms with Crippen LogP contribution in [0.4, 0.5) is 11.4 Å². The molecule has 94 valence electrons. The number of nitrogens with zero attached hydrogens (tertiary/aromatic N) is 2. The van der Waals surface area contributed by atoms with E-state index in [1.54, 1.807) is 0 Å². The summed E-state index contributed by atoms with van der Waals surface area (Å²) < 4.78 is 1.17. The van der Waals surface area contributed by atoms with Crippen molar-refractivity contribution in [1.82, 2.24) is 4.90 Å². The van der Waals surface area contributed by atoms with Crippen molar-refractivity contribution in [2.75, 3.05) is 50.0 Å². The minimum Gasteiger partial charge on any atom is -0.397 e. The number of halogens is 1. The molecule has 1 aromatic carbocycles. The number of hydrogen-bond acceptors (Lipinski definition) is 4. The summed E-state index contributed by atoms with van der Waals surface area (Å²) in [5.74, 6) is 0. The molecule has 1 fully saturated rings. The van der Waals surface area contributed by atoms with Crippen LogP contribution in [0.3, 0.4) is 0 Å². The van der Waals surface area contributed by atoms with E-state index < -0.39 is 0 Å². The zero-order valence-electron chi connectivity index (χ0n) is 9.77. The predicted molar refractivity (Wildman–Crippen MR) is 79.3 cm³/mol. The summed E-state index contributed by atoms with van der Waals surface area (Å²) >= 11 is 2.27. The van der Waals surface area contributed by atoms with Gasteiger partial charge in [0.1, 0.15) is 0 Å². The average molecular weight is 347 g/mol. The van der Waals surface area contributed by atoms with Crippen LogP contribution in [-0.4, -0.2) is 49.3 Å². The van der Waals surface area contributed by atoms with Gasteiger partial charge in [0.15, 0.2) is 0 Å². The third-order valence-electron chi connectivity index (χ3n) is 3.12. The van der Waals surface area contributed by atoms with Crippen molar-refractivity contribution in [3.8, 4) is 0 Å². The Hall–Kier alpha value is -0.530. The van der Waals surface area contributed by atoms with E-state index in [-0.39, 0.29) is 6.61 Å². The van der Waals surface area contributed by atoms with Gasteiger partial charge in [0.2, 0.25) is 0 Å². The Morgan fingerprint density at radius 2 is 1.94 bits per heavy atom. The molecule has 17 heavy (non-hydrogen) atoms. The molecule has 2 rings (SSSR count). The first-order chi connectivity index (χ1) is 8.20. The molecule has 1 saturated heterocycles. The van der Waals surface area contributed by atoms with E-state index in [0.29, 0.717) is 0 Å². The van der Waals surface area contributed by atoms with Gasteiger partial charge in [-0.25, -0.2) is 0 Å². The molecule has 0 aliphatic carbocycles. The van der Waals surface area contributed by atoms with Gasteiger partial charge in [-0.2, -0.15) is 0 Å². The second-order valence-electron chi connectivity index (χ2n) is 4.26. The lowest BCUT2D eigenvalue weighted by atomic mass is 10.2. The lowest BCUT2D eigenvalue weighted by Crippen LogP contribution is -2.47. The number of nitrogen functional groups attached to an aromatic ring is 1. The Morgan fingerprint density at radius 3 is 2.53 bits per heavy atom. The molecule has 5 heteroatoms. The van der Waals surface area contributed by atoms with Crippen molar-refractivity contribution in [3.63, 3.8) is 0 Å².